The van der Waals surface area contributed by atoms with Gasteiger partial charge >= 0.3 is 0 Å². The molecule has 3 N–H and O–H groups in total. The molecule has 196 valence electrons. The van der Waals surface area contributed by atoms with Crippen LogP contribution in [-0.4, -0.2) is 76.9 Å². The molecule has 1 aromatic rings. The van der Waals surface area contributed by atoms with Crippen LogP contribution < -0.4 is 20.7 Å². The first-order valence-corrected chi connectivity index (χ1v) is 12.8. The van der Waals surface area contributed by atoms with E-state index < -0.39 is 0 Å². The van der Waals surface area contributed by atoms with Crippen molar-refractivity contribution in [2.75, 3.05) is 64.3 Å². The zero-order chi connectivity index (χ0) is 25.5. The molecule has 1 aliphatic rings. The van der Waals surface area contributed by atoms with Gasteiger partial charge in [0.15, 0.2) is 0 Å². The lowest BCUT2D eigenvalue weighted by Gasteiger charge is -2.14. The van der Waals surface area contributed by atoms with E-state index in [1.54, 1.807) is 17.1 Å². The van der Waals surface area contributed by atoms with Crippen molar-refractivity contribution in [2.45, 2.75) is 19.8 Å². The van der Waals surface area contributed by atoms with Gasteiger partial charge in [0.1, 0.15) is 12.4 Å². The number of benzene rings is 1. The number of anilines is 1. The van der Waals surface area contributed by atoms with Crippen LogP contribution in [0.4, 0.5) is 5.69 Å². The number of hydrazone groups is 1. The highest BCUT2D eigenvalue weighted by Crippen LogP contribution is 2.29. The Balaban J connectivity index is 1.53. The van der Waals surface area contributed by atoms with Gasteiger partial charge in [0, 0.05) is 25.4 Å². The Morgan fingerprint density at radius 3 is 2.49 bits per heavy atom. The number of carbonyl (C=O) groups is 2. The third-order valence-electron chi connectivity index (χ3n) is 4.88. The monoisotopic (exact) mass is 549 g/mol. The van der Waals surface area contributed by atoms with Crippen LogP contribution in [0.2, 0.25) is 10.0 Å². The van der Waals surface area contributed by atoms with Crippen LogP contribution in [0.1, 0.15) is 19.8 Å². The summed E-state index contributed by atoms with van der Waals surface area (Å²) < 4.78 is 15.9. The highest BCUT2D eigenvalue weighted by Gasteiger charge is 2.25. The van der Waals surface area contributed by atoms with Crippen LogP contribution in [0.15, 0.2) is 23.3 Å². The van der Waals surface area contributed by atoms with Gasteiger partial charge in [-0.05, 0) is 24.6 Å². The Morgan fingerprint density at radius 1 is 1.06 bits per heavy atom. The van der Waals surface area contributed by atoms with Gasteiger partial charge in [0.2, 0.25) is 11.8 Å². The maximum absolute atomic E-state index is 12.3. The van der Waals surface area contributed by atoms with Gasteiger partial charge in [-0.1, -0.05) is 39.5 Å². The topological polar surface area (TPSA) is 114 Å². The largest absolute Gasteiger partial charge is 0.378 e. The summed E-state index contributed by atoms with van der Waals surface area (Å²) in [5.74, 6) is 0.274. The number of hydrogen-bond donors (Lipinski definition) is 3. The van der Waals surface area contributed by atoms with E-state index in [0.29, 0.717) is 68.4 Å². The first-order chi connectivity index (χ1) is 16.9. The van der Waals surface area contributed by atoms with Gasteiger partial charge in [-0.15, -0.1) is 0 Å². The van der Waals surface area contributed by atoms with Crippen LogP contribution in [0.25, 0.3) is 0 Å². The molecule has 35 heavy (non-hydrogen) atoms. The summed E-state index contributed by atoms with van der Waals surface area (Å²) in [6.07, 6.45) is 0.772. The average molecular weight is 550 g/mol. The average Bonchev–Trinajstić information content (AvgIpc) is 3.19. The van der Waals surface area contributed by atoms with E-state index in [1.807, 2.05) is 13.0 Å². The second kappa shape index (κ2) is 17.0. The molecule has 0 saturated heterocycles. The summed E-state index contributed by atoms with van der Waals surface area (Å²) in [6, 6.07) is 5.29. The number of amides is 2. The first-order valence-electron chi connectivity index (χ1n) is 11.4. The summed E-state index contributed by atoms with van der Waals surface area (Å²) in [7, 11) is 2.41. The molecule has 2 unspecified atom stereocenters. The van der Waals surface area contributed by atoms with Gasteiger partial charge in [-0.2, -0.15) is 5.10 Å². The van der Waals surface area contributed by atoms with Gasteiger partial charge in [0.25, 0.3) is 0 Å². The van der Waals surface area contributed by atoms with Gasteiger partial charge < -0.3 is 24.8 Å². The number of nitrogens with zero attached hydrogens (tertiary/aromatic N) is 2. The van der Waals surface area contributed by atoms with Crippen LogP contribution in [0, 0.1) is 5.92 Å². The second-order valence-electron chi connectivity index (χ2n) is 7.80. The SMILES string of the molecule is CC1CN(c2ccc(Cl)c(Cl)c2)N=C1NC(=O)CCCNC(=O)COCCOCCOCCNP. The zero-order valence-corrected chi connectivity index (χ0v) is 22.5. The maximum Gasteiger partial charge on any atom is 0.245 e. The zero-order valence-electron chi connectivity index (χ0n) is 19.9. The van der Waals surface area contributed by atoms with Crippen molar-refractivity contribution in [3.63, 3.8) is 0 Å². The Kier molecular flexibility index (Phi) is 14.5. The molecule has 0 fully saturated rings. The predicted octanol–water partition coefficient (Wildman–Crippen LogP) is 2.21. The fourth-order valence-electron chi connectivity index (χ4n) is 3.04. The van der Waals surface area contributed by atoms with Crippen LogP contribution >= 0.6 is 32.6 Å². The van der Waals surface area contributed by atoms with Crippen LogP contribution in [0.5, 0.6) is 0 Å². The van der Waals surface area contributed by atoms with E-state index in [2.05, 4.69) is 30.2 Å². The van der Waals surface area contributed by atoms with E-state index in [-0.39, 0.29) is 30.8 Å². The van der Waals surface area contributed by atoms with Crippen molar-refractivity contribution in [1.82, 2.24) is 15.7 Å². The van der Waals surface area contributed by atoms with Gasteiger partial charge in [0.05, 0.1) is 55.3 Å². The Morgan fingerprint density at radius 2 is 1.77 bits per heavy atom. The molecule has 2 rings (SSSR count). The van der Waals surface area contributed by atoms with E-state index >= 15 is 0 Å². The molecule has 0 aliphatic carbocycles. The molecule has 1 aliphatic heterocycles. The Bertz CT molecular complexity index is 848. The number of amidine groups is 1. The minimum atomic E-state index is -0.232. The Hall–Kier alpha value is -1.52. The third kappa shape index (κ3) is 11.8. The number of hydrogen-bond acceptors (Lipinski definition) is 8. The van der Waals surface area contributed by atoms with E-state index in [4.69, 9.17) is 37.4 Å². The molecule has 13 heteroatoms. The summed E-state index contributed by atoms with van der Waals surface area (Å²) in [5.41, 5.74) is 0.806. The molecule has 2 amide bonds. The van der Waals surface area contributed by atoms with Crippen molar-refractivity contribution in [2.24, 2.45) is 11.0 Å². The molecule has 0 radical (unpaired) electrons. The highest BCUT2D eigenvalue weighted by atomic mass is 35.5. The summed E-state index contributed by atoms with van der Waals surface area (Å²) in [4.78, 5) is 24.1. The second-order valence-corrected chi connectivity index (χ2v) is 9.02. The molecule has 1 aromatic carbocycles. The number of nitrogens with one attached hydrogen (secondary N) is 3. The molecule has 0 aromatic heterocycles. The number of rotatable bonds is 16. The van der Waals surface area contributed by atoms with Gasteiger partial charge in [-0.3, -0.25) is 19.7 Å². The lowest BCUT2D eigenvalue weighted by atomic mass is 10.1. The number of ether oxygens (including phenoxy) is 3. The van der Waals surface area contributed by atoms with E-state index in [1.165, 1.54) is 0 Å². The predicted molar refractivity (Wildman–Crippen MR) is 141 cm³/mol. The number of carbonyl (C=O) groups excluding carboxylic acids is 2. The lowest BCUT2D eigenvalue weighted by molar-refractivity contribution is -0.126. The summed E-state index contributed by atoms with van der Waals surface area (Å²) in [5, 5.41) is 15.7. The summed E-state index contributed by atoms with van der Waals surface area (Å²) in [6.45, 7) is 6.04. The molecule has 0 saturated carbocycles. The molecular weight excluding hydrogens is 516 g/mol. The van der Waals surface area contributed by atoms with Gasteiger partial charge in [-0.25, -0.2) is 0 Å². The first kappa shape index (κ1) is 29.7. The molecule has 1 heterocycles. The minimum absolute atomic E-state index is 0.0508. The lowest BCUT2D eigenvalue weighted by Crippen LogP contribution is -2.34. The fourth-order valence-corrected chi connectivity index (χ4v) is 3.45. The Labute approximate surface area is 218 Å². The maximum atomic E-state index is 12.3. The summed E-state index contributed by atoms with van der Waals surface area (Å²) >= 11 is 12.1. The normalized spacial score (nSPS) is 15.3. The molecule has 10 nitrogen and oxygen atoms in total. The van der Waals surface area contributed by atoms with Crippen LogP contribution in [0.3, 0.4) is 0 Å². The standard InChI is InChI=1S/C22H34Cl2N5O5P/c1-16-14-29(17-4-5-18(23)19(24)13-17)28-22(16)27-20(30)3-2-6-25-21(31)15-34-12-11-33-10-9-32-8-7-26-35/h4-5,13,16,26H,2-3,6-12,14-15,35H2,1H3,(H,25,31)(H,27,28,30). The van der Waals surface area contributed by atoms with E-state index in [0.717, 1.165) is 12.2 Å². The smallest absolute Gasteiger partial charge is 0.245 e. The van der Waals surface area contributed by atoms with Crippen molar-refractivity contribution in [3.05, 3.63) is 28.2 Å². The molecular formula is C22H34Cl2N5O5P. The molecule has 0 spiro atoms. The van der Waals surface area contributed by atoms with Crippen molar-refractivity contribution >= 4 is 55.9 Å². The number of halogens is 2. The van der Waals surface area contributed by atoms with E-state index in [9.17, 15) is 9.59 Å². The molecule has 2 atom stereocenters. The van der Waals surface area contributed by atoms with Crippen LogP contribution in [-0.2, 0) is 23.8 Å². The highest BCUT2D eigenvalue weighted by molar-refractivity contribution is 7.13. The van der Waals surface area contributed by atoms with Crippen molar-refractivity contribution in [1.29, 1.82) is 0 Å². The minimum Gasteiger partial charge on any atom is -0.378 e. The fraction of sp³-hybridized carbons (Fsp3) is 0.591. The molecule has 0 bridgehead atoms. The third-order valence-corrected chi connectivity index (χ3v) is 5.91. The quantitative estimate of drug-likeness (QED) is 0.214. The van der Waals surface area contributed by atoms with Crippen molar-refractivity contribution < 1.29 is 23.8 Å². The van der Waals surface area contributed by atoms with Crippen molar-refractivity contribution in [3.8, 4) is 0 Å².